The van der Waals surface area contributed by atoms with E-state index in [1.54, 1.807) is 13.0 Å². The molecule has 1 amide bonds. The molecule has 1 aromatic heterocycles. The van der Waals surface area contributed by atoms with E-state index in [2.05, 4.69) is 4.98 Å². The fraction of sp³-hybridized carbons (Fsp3) is 0.238. The van der Waals surface area contributed by atoms with Gasteiger partial charge in [0.2, 0.25) is 5.91 Å². The van der Waals surface area contributed by atoms with Gasteiger partial charge < -0.3 is 14.6 Å². The predicted molar refractivity (Wildman–Crippen MR) is 99.0 cm³/mol. The first-order valence-corrected chi connectivity index (χ1v) is 8.69. The van der Waals surface area contributed by atoms with Crippen molar-refractivity contribution in [3.05, 3.63) is 65.4 Å². The van der Waals surface area contributed by atoms with Gasteiger partial charge >= 0.3 is 5.97 Å². The van der Waals surface area contributed by atoms with Crippen LogP contribution in [0.15, 0.2) is 48.7 Å². The second kappa shape index (κ2) is 6.33. The van der Waals surface area contributed by atoms with Gasteiger partial charge in [0.25, 0.3) is 0 Å². The number of aromatic amines is 1. The average Bonchev–Trinajstić information content (AvgIpc) is 2.93. The van der Waals surface area contributed by atoms with Gasteiger partial charge in [-0.2, -0.15) is 0 Å². The lowest BCUT2D eigenvalue weighted by atomic mass is 9.93. The van der Waals surface area contributed by atoms with Crippen LogP contribution in [0, 0.1) is 0 Å². The summed E-state index contributed by atoms with van der Waals surface area (Å²) in [5.41, 5.74) is 3.98. The molecule has 4 rings (SSSR count). The molecule has 0 bridgehead atoms. The van der Waals surface area contributed by atoms with Crippen LogP contribution in [-0.2, 0) is 16.0 Å². The monoisotopic (exact) mass is 348 g/mol. The normalized spacial score (nSPS) is 16.4. The van der Waals surface area contributed by atoms with Crippen molar-refractivity contribution in [3.8, 4) is 5.75 Å². The molecular weight excluding hydrogens is 328 g/mol. The fourth-order valence-electron chi connectivity index (χ4n) is 3.86. The van der Waals surface area contributed by atoms with Crippen LogP contribution in [0.2, 0.25) is 0 Å². The van der Waals surface area contributed by atoms with E-state index >= 15 is 0 Å². The molecular formula is C21H20N2O3. The predicted octanol–water partition coefficient (Wildman–Crippen LogP) is 3.59. The van der Waals surface area contributed by atoms with Gasteiger partial charge in [0, 0.05) is 43.1 Å². The largest absolute Gasteiger partial charge is 0.426 e. The second-order valence-electron chi connectivity index (χ2n) is 6.58. The van der Waals surface area contributed by atoms with Crippen molar-refractivity contribution in [2.75, 3.05) is 6.54 Å². The molecule has 26 heavy (non-hydrogen) atoms. The molecule has 1 unspecified atom stereocenters. The highest BCUT2D eigenvalue weighted by Gasteiger charge is 2.33. The summed E-state index contributed by atoms with van der Waals surface area (Å²) in [7, 11) is 0. The van der Waals surface area contributed by atoms with Gasteiger partial charge in [-0.1, -0.05) is 30.3 Å². The molecule has 0 fully saturated rings. The second-order valence-corrected chi connectivity index (χ2v) is 6.58. The summed E-state index contributed by atoms with van der Waals surface area (Å²) in [5, 5.41) is 1.04. The zero-order chi connectivity index (χ0) is 18.3. The third kappa shape index (κ3) is 2.65. The molecule has 5 heteroatoms. The van der Waals surface area contributed by atoms with Gasteiger partial charge in [-0.3, -0.25) is 9.59 Å². The quantitative estimate of drug-likeness (QED) is 0.569. The maximum absolute atomic E-state index is 12.5. The molecule has 0 saturated heterocycles. The molecule has 132 valence electrons. The summed E-state index contributed by atoms with van der Waals surface area (Å²) in [6.07, 6.45) is 2.73. The number of nitrogens with zero attached hydrogens (tertiary/aromatic N) is 1. The van der Waals surface area contributed by atoms with E-state index in [4.69, 9.17) is 4.74 Å². The molecule has 3 aromatic rings. The highest BCUT2D eigenvalue weighted by Crippen LogP contribution is 2.43. The topological polar surface area (TPSA) is 62.4 Å². The fourth-order valence-corrected chi connectivity index (χ4v) is 3.86. The number of carbonyl (C=O) groups is 2. The minimum atomic E-state index is -0.372. The lowest BCUT2D eigenvalue weighted by Crippen LogP contribution is -2.34. The molecule has 0 spiro atoms. The first-order valence-electron chi connectivity index (χ1n) is 8.69. The Kier molecular flexibility index (Phi) is 3.99. The summed E-state index contributed by atoms with van der Waals surface area (Å²) < 4.78 is 5.55. The molecule has 1 aliphatic rings. The minimum absolute atomic E-state index is 0.00114. The zero-order valence-corrected chi connectivity index (χ0v) is 14.8. The Balaban J connectivity index is 2.04. The van der Waals surface area contributed by atoms with Crippen LogP contribution in [0.4, 0.5) is 0 Å². The smallest absolute Gasteiger partial charge is 0.308 e. The van der Waals surface area contributed by atoms with Crippen LogP contribution in [0.5, 0.6) is 5.75 Å². The highest BCUT2D eigenvalue weighted by atomic mass is 16.5. The van der Waals surface area contributed by atoms with Crippen molar-refractivity contribution < 1.29 is 14.3 Å². The molecule has 1 atom stereocenters. The lowest BCUT2D eigenvalue weighted by Gasteiger charge is -2.31. The molecule has 2 heterocycles. The van der Waals surface area contributed by atoms with Gasteiger partial charge in [0.1, 0.15) is 5.75 Å². The van der Waals surface area contributed by atoms with Crippen LogP contribution >= 0.6 is 0 Å². The molecule has 0 saturated carbocycles. The minimum Gasteiger partial charge on any atom is -0.426 e. The number of esters is 1. The van der Waals surface area contributed by atoms with Crippen LogP contribution in [0.25, 0.3) is 10.9 Å². The van der Waals surface area contributed by atoms with E-state index in [-0.39, 0.29) is 17.9 Å². The Morgan fingerprint density at radius 2 is 1.88 bits per heavy atom. The number of benzene rings is 2. The maximum Gasteiger partial charge on any atom is 0.308 e. The average molecular weight is 348 g/mol. The Morgan fingerprint density at radius 1 is 1.12 bits per heavy atom. The number of hydrogen-bond acceptors (Lipinski definition) is 3. The Hall–Kier alpha value is -3.08. The Labute approximate surface area is 151 Å². The molecule has 0 radical (unpaired) electrons. The van der Waals surface area contributed by atoms with Crippen molar-refractivity contribution >= 4 is 22.8 Å². The SMILES string of the molecule is CC(=O)Oc1ccc2[nH]cc3c2c1C(c1ccccc1)N(C(C)=O)CC3. The van der Waals surface area contributed by atoms with Gasteiger partial charge in [0.15, 0.2) is 0 Å². The standard InChI is InChI=1S/C21H20N2O3/c1-13(24)23-11-10-16-12-22-17-8-9-18(26-14(2)25)20(19(16)17)21(23)15-6-4-3-5-7-15/h3-9,12,21-22H,10-11H2,1-2H3. The van der Waals surface area contributed by atoms with Gasteiger partial charge in [-0.15, -0.1) is 0 Å². The molecule has 2 aromatic carbocycles. The number of H-pyrrole nitrogens is 1. The first kappa shape index (κ1) is 16.4. The number of carbonyl (C=O) groups excluding carboxylic acids is 2. The van der Waals surface area contributed by atoms with Crippen LogP contribution < -0.4 is 4.74 Å². The highest BCUT2D eigenvalue weighted by molar-refractivity contribution is 5.92. The van der Waals surface area contributed by atoms with Gasteiger partial charge in [0.05, 0.1) is 6.04 Å². The van der Waals surface area contributed by atoms with Gasteiger partial charge in [-0.05, 0) is 29.7 Å². The lowest BCUT2D eigenvalue weighted by molar-refractivity contribution is -0.131. The number of aromatic nitrogens is 1. The maximum atomic E-state index is 12.5. The third-order valence-corrected chi connectivity index (χ3v) is 4.91. The number of amides is 1. The number of hydrogen-bond donors (Lipinski definition) is 1. The molecule has 5 nitrogen and oxygen atoms in total. The molecule has 1 aliphatic heterocycles. The zero-order valence-electron chi connectivity index (χ0n) is 14.8. The summed E-state index contributed by atoms with van der Waals surface area (Å²) in [4.78, 5) is 29.3. The molecule has 1 N–H and O–H groups in total. The van der Waals surface area contributed by atoms with E-state index < -0.39 is 0 Å². The van der Waals surface area contributed by atoms with E-state index in [0.717, 1.165) is 34.0 Å². The van der Waals surface area contributed by atoms with Crippen molar-refractivity contribution in [3.63, 3.8) is 0 Å². The third-order valence-electron chi connectivity index (χ3n) is 4.91. The van der Waals surface area contributed by atoms with E-state index in [1.807, 2.05) is 47.5 Å². The molecule has 0 aliphatic carbocycles. The van der Waals surface area contributed by atoms with E-state index in [1.165, 1.54) is 6.92 Å². The Bertz CT molecular complexity index is 991. The summed E-state index contributed by atoms with van der Waals surface area (Å²) in [6, 6.07) is 13.3. The van der Waals surface area contributed by atoms with Gasteiger partial charge in [-0.25, -0.2) is 0 Å². The van der Waals surface area contributed by atoms with Crippen molar-refractivity contribution in [2.45, 2.75) is 26.3 Å². The summed E-state index contributed by atoms with van der Waals surface area (Å²) in [5.74, 6) is 0.134. The van der Waals surface area contributed by atoms with Crippen molar-refractivity contribution in [2.24, 2.45) is 0 Å². The number of ether oxygens (including phenoxy) is 1. The first-order chi connectivity index (χ1) is 12.6. The van der Waals surface area contributed by atoms with E-state index in [0.29, 0.717) is 12.3 Å². The number of nitrogens with one attached hydrogen (secondary N) is 1. The van der Waals surface area contributed by atoms with E-state index in [9.17, 15) is 9.59 Å². The van der Waals surface area contributed by atoms with Crippen LogP contribution in [0.1, 0.15) is 36.6 Å². The van der Waals surface area contributed by atoms with Crippen LogP contribution in [-0.4, -0.2) is 28.3 Å². The van der Waals surface area contributed by atoms with Crippen LogP contribution in [0.3, 0.4) is 0 Å². The summed E-state index contributed by atoms with van der Waals surface area (Å²) >= 11 is 0. The van der Waals surface area contributed by atoms with Crippen molar-refractivity contribution in [1.29, 1.82) is 0 Å². The van der Waals surface area contributed by atoms with Crippen molar-refractivity contribution in [1.82, 2.24) is 9.88 Å². The Morgan fingerprint density at radius 3 is 2.58 bits per heavy atom. The number of rotatable bonds is 2. The summed E-state index contributed by atoms with van der Waals surface area (Å²) in [6.45, 7) is 3.59.